The van der Waals surface area contributed by atoms with E-state index in [-0.39, 0.29) is 18.2 Å². The third kappa shape index (κ3) is 3.93. The number of benzene rings is 1. The predicted octanol–water partition coefficient (Wildman–Crippen LogP) is 2.09. The second-order valence-corrected chi connectivity index (χ2v) is 6.09. The number of pyridine rings is 1. The number of nitrogens with zero attached hydrogens (tertiary/aromatic N) is 2. The number of hydrogen-bond acceptors (Lipinski definition) is 5. The molecular formula is C19H21N3O4. The van der Waals surface area contributed by atoms with Gasteiger partial charge in [-0.15, -0.1) is 0 Å². The highest BCUT2D eigenvalue weighted by Crippen LogP contribution is 2.30. The van der Waals surface area contributed by atoms with Crippen LogP contribution in [-0.2, 0) is 16.1 Å². The van der Waals surface area contributed by atoms with E-state index in [0.29, 0.717) is 30.3 Å². The van der Waals surface area contributed by atoms with Crippen molar-refractivity contribution in [2.45, 2.75) is 13.0 Å². The van der Waals surface area contributed by atoms with Crippen LogP contribution in [0.5, 0.6) is 11.5 Å². The Labute approximate surface area is 151 Å². The van der Waals surface area contributed by atoms with Crippen molar-refractivity contribution in [1.29, 1.82) is 0 Å². The van der Waals surface area contributed by atoms with Crippen LogP contribution in [0, 0.1) is 5.92 Å². The van der Waals surface area contributed by atoms with Crippen molar-refractivity contribution in [3.8, 4) is 11.5 Å². The maximum Gasteiger partial charge on any atom is 0.229 e. The lowest BCUT2D eigenvalue weighted by molar-refractivity contribution is -0.128. The molecule has 2 aromatic rings. The summed E-state index contributed by atoms with van der Waals surface area (Å²) in [5.74, 6) is 0.536. The summed E-state index contributed by atoms with van der Waals surface area (Å²) < 4.78 is 10.4. The molecule has 0 radical (unpaired) electrons. The van der Waals surface area contributed by atoms with E-state index in [2.05, 4.69) is 10.3 Å². The van der Waals surface area contributed by atoms with E-state index in [1.165, 1.54) is 7.11 Å². The van der Waals surface area contributed by atoms with Gasteiger partial charge in [0.05, 0.1) is 25.8 Å². The minimum absolute atomic E-state index is 0.0244. The highest BCUT2D eigenvalue weighted by atomic mass is 16.5. The van der Waals surface area contributed by atoms with Crippen LogP contribution in [-0.4, -0.2) is 42.5 Å². The van der Waals surface area contributed by atoms with Gasteiger partial charge in [-0.3, -0.25) is 14.6 Å². The van der Waals surface area contributed by atoms with Gasteiger partial charge >= 0.3 is 0 Å². The fourth-order valence-electron chi connectivity index (χ4n) is 2.95. The summed E-state index contributed by atoms with van der Waals surface area (Å²) in [5.41, 5.74) is 1.55. The van der Waals surface area contributed by atoms with Gasteiger partial charge in [-0.05, 0) is 29.8 Å². The number of methoxy groups -OCH3 is 2. The molecule has 7 heteroatoms. The molecule has 1 atom stereocenters. The summed E-state index contributed by atoms with van der Waals surface area (Å²) in [6, 6.07) is 8.89. The molecule has 0 saturated carbocycles. The van der Waals surface area contributed by atoms with Crippen molar-refractivity contribution in [2.75, 3.05) is 26.1 Å². The molecule has 1 aromatic heterocycles. The molecule has 136 valence electrons. The van der Waals surface area contributed by atoms with E-state index in [9.17, 15) is 9.59 Å². The van der Waals surface area contributed by atoms with E-state index < -0.39 is 5.92 Å². The molecule has 1 aromatic carbocycles. The Bertz CT molecular complexity index is 795. The summed E-state index contributed by atoms with van der Waals surface area (Å²) in [5, 5.41) is 2.85. The van der Waals surface area contributed by atoms with Crippen molar-refractivity contribution < 1.29 is 19.1 Å². The first-order valence-corrected chi connectivity index (χ1v) is 8.30. The van der Waals surface area contributed by atoms with Gasteiger partial charge in [0.25, 0.3) is 0 Å². The van der Waals surface area contributed by atoms with E-state index in [1.54, 1.807) is 42.6 Å². The van der Waals surface area contributed by atoms with E-state index in [4.69, 9.17) is 9.47 Å². The topological polar surface area (TPSA) is 80.8 Å². The maximum absolute atomic E-state index is 12.6. The van der Waals surface area contributed by atoms with Crippen LogP contribution in [0.2, 0.25) is 0 Å². The Hall–Kier alpha value is -3.09. The van der Waals surface area contributed by atoms with Gasteiger partial charge in [-0.25, -0.2) is 0 Å². The second kappa shape index (κ2) is 7.86. The summed E-state index contributed by atoms with van der Waals surface area (Å²) in [7, 11) is 3.09. The Morgan fingerprint density at radius 3 is 2.69 bits per heavy atom. The number of likely N-dealkylation sites (tertiary alicyclic amines) is 1. The first-order valence-electron chi connectivity index (χ1n) is 8.30. The molecule has 26 heavy (non-hydrogen) atoms. The van der Waals surface area contributed by atoms with Crippen LogP contribution in [0.4, 0.5) is 5.69 Å². The molecule has 1 unspecified atom stereocenters. The van der Waals surface area contributed by atoms with Crippen molar-refractivity contribution in [3.05, 3.63) is 48.3 Å². The molecule has 1 saturated heterocycles. The van der Waals surface area contributed by atoms with Crippen LogP contribution < -0.4 is 14.8 Å². The van der Waals surface area contributed by atoms with Gasteiger partial charge in [-0.1, -0.05) is 0 Å². The number of amides is 2. The smallest absolute Gasteiger partial charge is 0.229 e. The lowest BCUT2D eigenvalue weighted by Gasteiger charge is -2.17. The first-order chi connectivity index (χ1) is 12.6. The van der Waals surface area contributed by atoms with Crippen molar-refractivity contribution in [1.82, 2.24) is 9.88 Å². The van der Waals surface area contributed by atoms with Crippen LogP contribution >= 0.6 is 0 Å². The second-order valence-electron chi connectivity index (χ2n) is 6.09. The molecule has 0 spiro atoms. The van der Waals surface area contributed by atoms with Gasteiger partial charge in [0.1, 0.15) is 11.5 Å². The fraction of sp³-hybridized carbons (Fsp3) is 0.316. The molecule has 2 amide bonds. The Balaban J connectivity index is 1.65. The average molecular weight is 355 g/mol. The number of rotatable bonds is 6. The number of aromatic nitrogens is 1. The number of carbonyl (C=O) groups is 2. The molecule has 3 rings (SSSR count). The third-order valence-corrected chi connectivity index (χ3v) is 4.37. The standard InChI is InChI=1S/C19H21N3O4/c1-25-15-3-4-16(17(10-15)26-2)21-19(24)14-9-18(23)22(12-14)11-13-5-7-20-8-6-13/h3-8,10,14H,9,11-12H2,1-2H3,(H,21,24). The SMILES string of the molecule is COc1ccc(NC(=O)C2CC(=O)N(Cc3ccncc3)C2)c(OC)c1. The van der Waals surface area contributed by atoms with Crippen LogP contribution in [0.1, 0.15) is 12.0 Å². The normalized spacial score (nSPS) is 16.5. The fourth-order valence-corrected chi connectivity index (χ4v) is 2.95. The van der Waals surface area contributed by atoms with Crippen molar-refractivity contribution in [2.24, 2.45) is 5.92 Å². The Kier molecular flexibility index (Phi) is 5.36. The molecule has 1 aliphatic heterocycles. The van der Waals surface area contributed by atoms with Gasteiger partial charge in [0.2, 0.25) is 11.8 Å². The highest BCUT2D eigenvalue weighted by Gasteiger charge is 2.34. The number of nitrogens with one attached hydrogen (secondary N) is 1. The lowest BCUT2D eigenvalue weighted by atomic mass is 10.1. The van der Waals surface area contributed by atoms with Gasteiger partial charge in [-0.2, -0.15) is 0 Å². The first kappa shape index (κ1) is 17.7. The molecule has 2 heterocycles. The lowest BCUT2D eigenvalue weighted by Crippen LogP contribution is -2.28. The summed E-state index contributed by atoms with van der Waals surface area (Å²) in [6.07, 6.45) is 3.58. The zero-order chi connectivity index (χ0) is 18.5. The van der Waals surface area contributed by atoms with Crippen LogP contribution in [0.15, 0.2) is 42.7 Å². The average Bonchev–Trinajstić information content (AvgIpc) is 3.03. The number of carbonyl (C=O) groups excluding carboxylic acids is 2. The molecule has 0 aliphatic carbocycles. The van der Waals surface area contributed by atoms with Gasteiger partial charge in [0, 0.05) is 38.0 Å². The Morgan fingerprint density at radius 1 is 1.23 bits per heavy atom. The maximum atomic E-state index is 12.6. The molecule has 1 N–H and O–H groups in total. The predicted molar refractivity (Wildman–Crippen MR) is 95.9 cm³/mol. The van der Waals surface area contributed by atoms with Crippen molar-refractivity contribution in [3.63, 3.8) is 0 Å². The minimum atomic E-state index is -0.392. The van der Waals surface area contributed by atoms with Crippen LogP contribution in [0.25, 0.3) is 0 Å². The molecular weight excluding hydrogens is 334 g/mol. The monoisotopic (exact) mass is 355 g/mol. The van der Waals surface area contributed by atoms with Gasteiger partial charge < -0.3 is 19.7 Å². The molecule has 7 nitrogen and oxygen atoms in total. The van der Waals surface area contributed by atoms with Crippen LogP contribution in [0.3, 0.4) is 0 Å². The summed E-state index contributed by atoms with van der Waals surface area (Å²) in [6.45, 7) is 0.877. The van der Waals surface area contributed by atoms with E-state index in [0.717, 1.165) is 5.56 Å². The molecule has 0 bridgehead atoms. The molecule has 1 fully saturated rings. The largest absolute Gasteiger partial charge is 0.497 e. The summed E-state index contributed by atoms with van der Waals surface area (Å²) >= 11 is 0. The zero-order valence-corrected chi connectivity index (χ0v) is 14.8. The third-order valence-electron chi connectivity index (χ3n) is 4.37. The summed E-state index contributed by atoms with van der Waals surface area (Å²) in [4.78, 5) is 30.5. The van der Waals surface area contributed by atoms with Crippen molar-refractivity contribution >= 4 is 17.5 Å². The number of ether oxygens (including phenoxy) is 2. The molecule has 1 aliphatic rings. The number of anilines is 1. The minimum Gasteiger partial charge on any atom is -0.497 e. The zero-order valence-electron chi connectivity index (χ0n) is 14.8. The highest BCUT2D eigenvalue weighted by molar-refractivity contribution is 5.98. The van der Waals surface area contributed by atoms with E-state index >= 15 is 0 Å². The number of hydrogen-bond donors (Lipinski definition) is 1. The Morgan fingerprint density at radius 2 is 2.00 bits per heavy atom. The quantitative estimate of drug-likeness (QED) is 0.858. The van der Waals surface area contributed by atoms with Gasteiger partial charge in [0.15, 0.2) is 0 Å². The van der Waals surface area contributed by atoms with E-state index in [1.807, 2.05) is 12.1 Å².